The first-order valence-corrected chi connectivity index (χ1v) is 9.19. The zero-order valence-corrected chi connectivity index (χ0v) is 15.1. The van der Waals surface area contributed by atoms with E-state index in [4.69, 9.17) is 9.47 Å². The van der Waals surface area contributed by atoms with Crippen LogP contribution in [0.25, 0.3) is 0 Å². The standard InChI is InChI=1S/C19H34O4/c1-4-7-9-10-11-16-22-18(20)14-15-19(21)23-17(12-6-3)13-8-5-2/h14-15,17H,4-13,16H2,1-3H3/b15-14+. The number of ether oxygens (including phenoxy) is 2. The molecule has 0 radical (unpaired) electrons. The van der Waals surface area contributed by atoms with Gasteiger partial charge in [-0.25, -0.2) is 9.59 Å². The van der Waals surface area contributed by atoms with E-state index in [2.05, 4.69) is 20.8 Å². The summed E-state index contributed by atoms with van der Waals surface area (Å²) in [7, 11) is 0. The zero-order chi connectivity index (χ0) is 17.3. The van der Waals surface area contributed by atoms with Crippen LogP contribution >= 0.6 is 0 Å². The van der Waals surface area contributed by atoms with Crippen LogP contribution in [0.3, 0.4) is 0 Å². The summed E-state index contributed by atoms with van der Waals surface area (Å²) in [6.45, 7) is 6.76. The van der Waals surface area contributed by atoms with E-state index >= 15 is 0 Å². The molecular formula is C19H34O4. The monoisotopic (exact) mass is 326 g/mol. The lowest BCUT2D eigenvalue weighted by molar-refractivity contribution is -0.144. The molecule has 0 rings (SSSR count). The minimum Gasteiger partial charge on any atom is -0.463 e. The minimum absolute atomic E-state index is 0.0494. The molecule has 0 aliphatic heterocycles. The van der Waals surface area contributed by atoms with Gasteiger partial charge in [0, 0.05) is 12.2 Å². The fraction of sp³-hybridized carbons (Fsp3) is 0.789. The highest BCUT2D eigenvalue weighted by Gasteiger charge is 2.11. The summed E-state index contributed by atoms with van der Waals surface area (Å²) in [5.41, 5.74) is 0. The van der Waals surface area contributed by atoms with Crippen molar-refractivity contribution in [3.05, 3.63) is 12.2 Å². The van der Waals surface area contributed by atoms with Gasteiger partial charge in [-0.3, -0.25) is 0 Å². The van der Waals surface area contributed by atoms with Crippen LogP contribution in [-0.4, -0.2) is 24.6 Å². The molecule has 0 aromatic heterocycles. The Morgan fingerprint density at radius 1 is 0.783 bits per heavy atom. The molecule has 0 fully saturated rings. The fourth-order valence-electron chi connectivity index (χ4n) is 2.28. The lowest BCUT2D eigenvalue weighted by Gasteiger charge is -2.15. The maximum atomic E-state index is 11.7. The third-order valence-corrected chi connectivity index (χ3v) is 3.62. The largest absolute Gasteiger partial charge is 0.463 e. The second kappa shape index (κ2) is 15.6. The molecule has 0 aromatic carbocycles. The number of carbonyl (C=O) groups excluding carboxylic acids is 2. The first kappa shape index (κ1) is 21.7. The molecule has 4 heteroatoms. The molecule has 0 saturated heterocycles. The second-order valence-corrected chi connectivity index (χ2v) is 5.90. The molecule has 1 unspecified atom stereocenters. The molecule has 0 amide bonds. The number of hydrogen-bond donors (Lipinski definition) is 0. The molecule has 0 N–H and O–H groups in total. The molecule has 4 nitrogen and oxygen atoms in total. The van der Waals surface area contributed by atoms with Crippen molar-refractivity contribution in [3.8, 4) is 0 Å². The van der Waals surface area contributed by atoms with Gasteiger partial charge in [-0.15, -0.1) is 0 Å². The predicted molar refractivity (Wildman–Crippen MR) is 93.2 cm³/mol. The highest BCUT2D eigenvalue weighted by molar-refractivity contribution is 5.91. The average Bonchev–Trinajstić information content (AvgIpc) is 2.54. The van der Waals surface area contributed by atoms with Crippen molar-refractivity contribution in [2.75, 3.05) is 6.61 Å². The Kier molecular flexibility index (Phi) is 14.7. The summed E-state index contributed by atoms with van der Waals surface area (Å²) in [5.74, 6) is -0.933. The van der Waals surface area contributed by atoms with Gasteiger partial charge in [0.2, 0.25) is 0 Å². The van der Waals surface area contributed by atoms with Gasteiger partial charge in [0.1, 0.15) is 6.10 Å². The van der Waals surface area contributed by atoms with Crippen molar-refractivity contribution in [1.82, 2.24) is 0 Å². The smallest absolute Gasteiger partial charge is 0.331 e. The first-order valence-electron chi connectivity index (χ1n) is 9.19. The topological polar surface area (TPSA) is 52.6 Å². The van der Waals surface area contributed by atoms with Crippen LogP contribution in [0.4, 0.5) is 0 Å². The normalized spacial score (nSPS) is 12.3. The highest BCUT2D eigenvalue weighted by atomic mass is 16.5. The van der Waals surface area contributed by atoms with E-state index in [9.17, 15) is 9.59 Å². The number of carbonyl (C=O) groups is 2. The highest BCUT2D eigenvalue weighted by Crippen LogP contribution is 2.11. The third kappa shape index (κ3) is 14.0. The summed E-state index contributed by atoms with van der Waals surface area (Å²) in [6, 6.07) is 0. The van der Waals surface area contributed by atoms with Crippen LogP contribution in [0.2, 0.25) is 0 Å². The van der Waals surface area contributed by atoms with E-state index in [1.165, 1.54) is 25.3 Å². The van der Waals surface area contributed by atoms with Crippen molar-refractivity contribution >= 4 is 11.9 Å². The van der Waals surface area contributed by atoms with Crippen LogP contribution in [-0.2, 0) is 19.1 Å². The van der Waals surface area contributed by atoms with Gasteiger partial charge >= 0.3 is 11.9 Å². The molecule has 23 heavy (non-hydrogen) atoms. The summed E-state index contributed by atoms with van der Waals surface area (Å²) in [4.78, 5) is 23.2. The molecule has 0 aliphatic rings. The van der Waals surface area contributed by atoms with Crippen LogP contribution in [0, 0.1) is 0 Å². The Hall–Kier alpha value is -1.32. The predicted octanol–water partition coefficient (Wildman–Crippen LogP) is 4.96. The quantitative estimate of drug-likeness (QED) is 0.257. The Bertz CT molecular complexity index is 336. The van der Waals surface area contributed by atoms with Crippen LogP contribution in [0.15, 0.2) is 12.2 Å². The van der Waals surface area contributed by atoms with Crippen molar-refractivity contribution in [2.45, 2.75) is 91.1 Å². The Labute approximate surface area is 141 Å². The molecule has 0 spiro atoms. The van der Waals surface area contributed by atoms with E-state index in [-0.39, 0.29) is 6.10 Å². The van der Waals surface area contributed by atoms with Gasteiger partial charge in [0.05, 0.1) is 6.61 Å². The van der Waals surface area contributed by atoms with Gasteiger partial charge in [-0.1, -0.05) is 65.7 Å². The van der Waals surface area contributed by atoms with Gasteiger partial charge < -0.3 is 9.47 Å². The van der Waals surface area contributed by atoms with Gasteiger partial charge in [0.25, 0.3) is 0 Å². The maximum absolute atomic E-state index is 11.7. The van der Waals surface area contributed by atoms with E-state index in [1.807, 2.05) is 0 Å². The fourth-order valence-corrected chi connectivity index (χ4v) is 2.28. The zero-order valence-electron chi connectivity index (χ0n) is 15.1. The molecule has 0 heterocycles. The number of unbranched alkanes of at least 4 members (excludes halogenated alkanes) is 5. The number of rotatable bonds is 14. The van der Waals surface area contributed by atoms with Crippen LogP contribution < -0.4 is 0 Å². The van der Waals surface area contributed by atoms with E-state index in [1.54, 1.807) is 0 Å². The van der Waals surface area contributed by atoms with Gasteiger partial charge in [-0.05, 0) is 19.3 Å². The summed E-state index contributed by atoms with van der Waals surface area (Å²) in [6.07, 6.45) is 12.7. The number of hydrogen-bond acceptors (Lipinski definition) is 4. The van der Waals surface area contributed by atoms with Crippen molar-refractivity contribution in [1.29, 1.82) is 0 Å². The van der Waals surface area contributed by atoms with Crippen molar-refractivity contribution < 1.29 is 19.1 Å². The maximum Gasteiger partial charge on any atom is 0.331 e. The second-order valence-electron chi connectivity index (χ2n) is 5.90. The molecular weight excluding hydrogens is 292 g/mol. The van der Waals surface area contributed by atoms with Crippen LogP contribution in [0.5, 0.6) is 0 Å². The molecule has 1 atom stereocenters. The Morgan fingerprint density at radius 2 is 1.43 bits per heavy atom. The third-order valence-electron chi connectivity index (χ3n) is 3.62. The Morgan fingerprint density at radius 3 is 2.09 bits per heavy atom. The van der Waals surface area contributed by atoms with E-state index in [0.717, 1.165) is 51.0 Å². The lowest BCUT2D eigenvalue weighted by atomic mass is 10.1. The van der Waals surface area contributed by atoms with Crippen molar-refractivity contribution in [3.63, 3.8) is 0 Å². The Balaban J connectivity index is 3.92. The average molecular weight is 326 g/mol. The SMILES string of the molecule is CCCCCCCOC(=O)/C=C/C(=O)OC(CCC)CCCC. The molecule has 0 bridgehead atoms. The van der Waals surface area contributed by atoms with Gasteiger partial charge in [0.15, 0.2) is 0 Å². The van der Waals surface area contributed by atoms with E-state index in [0.29, 0.717) is 6.61 Å². The van der Waals surface area contributed by atoms with Gasteiger partial charge in [-0.2, -0.15) is 0 Å². The van der Waals surface area contributed by atoms with Crippen LogP contribution in [0.1, 0.15) is 85.0 Å². The first-order chi connectivity index (χ1) is 11.1. The molecule has 134 valence electrons. The minimum atomic E-state index is -0.474. The number of esters is 2. The molecule has 0 aromatic rings. The summed E-state index contributed by atoms with van der Waals surface area (Å²) < 4.78 is 10.4. The van der Waals surface area contributed by atoms with Crippen molar-refractivity contribution in [2.24, 2.45) is 0 Å². The summed E-state index contributed by atoms with van der Waals surface area (Å²) in [5, 5.41) is 0. The summed E-state index contributed by atoms with van der Waals surface area (Å²) >= 11 is 0. The molecule has 0 saturated carbocycles. The van der Waals surface area contributed by atoms with E-state index < -0.39 is 11.9 Å². The molecule has 0 aliphatic carbocycles. The lowest BCUT2D eigenvalue weighted by Crippen LogP contribution is -2.17.